The highest BCUT2D eigenvalue weighted by atomic mass is 35.5. The first-order valence-electron chi connectivity index (χ1n) is 9.23. The number of carbonyl (C=O) groups excluding carboxylic acids is 1. The van der Waals surface area contributed by atoms with Crippen LogP contribution in [0.15, 0.2) is 77.7 Å². The third-order valence-corrected chi connectivity index (χ3v) is 6.99. The average molecular weight is 445 g/mol. The molecule has 3 aromatic carbocycles. The summed E-state index contributed by atoms with van der Waals surface area (Å²) in [4.78, 5) is 14.5. The number of hydrogen-bond donors (Lipinski definition) is 0. The number of halogens is 2. The van der Waals surface area contributed by atoms with Crippen LogP contribution in [-0.2, 0) is 27.9 Å². The number of para-hydroxylation sites is 1. The predicted molar refractivity (Wildman–Crippen MR) is 113 cm³/mol. The fraction of sp³-hybridized carbons (Fsp3) is 0.136. The molecule has 1 aliphatic rings. The molecule has 4 rings (SSSR count). The zero-order valence-corrected chi connectivity index (χ0v) is 17.4. The molecule has 3 aromatic rings. The first-order chi connectivity index (χ1) is 14.4. The van der Waals surface area contributed by atoms with E-state index in [1.165, 1.54) is 17.0 Å². The summed E-state index contributed by atoms with van der Waals surface area (Å²) in [5, 5.41) is 0.479. The summed E-state index contributed by atoms with van der Waals surface area (Å²) in [6, 6.07) is 19.2. The van der Waals surface area contributed by atoms with E-state index >= 15 is 0 Å². The fourth-order valence-corrected chi connectivity index (χ4v) is 5.23. The number of amides is 1. The highest BCUT2D eigenvalue weighted by molar-refractivity contribution is 7.89. The summed E-state index contributed by atoms with van der Waals surface area (Å²) >= 11 is 6.03. The van der Waals surface area contributed by atoms with Crippen LogP contribution in [0, 0.1) is 5.82 Å². The van der Waals surface area contributed by atoms with Gasteiger partial charge in [0.1, 0.15) is 10.7 Å². The van der Waals surface area contributed by atoms with Gasteiger partial charge in [0, 0.05) is 17.1 Å². The molecule has 0 saturated carbocycles. The smallest absolute Gasteiger partial charge is 0.245 e. The number of rotatable bonds is 4. The van der Waals surface area contributed by atoms with Crippen molar-refractivity contribution in [2.75, 3.05) is 11.4 Å². The predicted octanol–water partition coefficient (Wildman–Crippen LogP) is 4.22. The maximum atomic E-state index is 14.2. The minimum atomic E-state index is -3.96. The lowest BCUT2D eigenvalue weighted by Gasteiger charge is -2.22. The molecule has 0 radical (unpaired) electrons. The summed E-state index contributed by atoms with van der Waals surface area (Å²) in [7, 11) is -3.96. The molecule has 0 bridgehead atoms. The van der Waals surface area contributed by atoms with Crippen LogP contribution in [0.25, 0.3) is 0 Å². The Balaban J connectivity index is 1.76. The standard InChI is InChI=1S/C22H18ClFN2O3S/c23-18-8-5-6-16(12-18)13-25-15-22(27)26(14-17-7-1-2-9-19(17)24)20-10-3-4-11-21(20)30(25,28)29/h1-12H,13-15H2. The summed E-state index contributed by atoms with van der Waals surface area (Å²) in [6.45, 7) is -0.433. The topological polar surface area (TPSA) is 57.7 Å². The van der Waals surface area contributed by atoms with E-state index in [9.17, 15) is 17.6 Å². The van der Waals surface area contributed by atoms with Crippen molar-refractivity contribution >= 4 is 33.2 Å². The Hall–Kier alpha value is -2.74. The van der Waals surface area contributed by atoms with Gasteiger partial charge in [-0.2, -0.15) is 4.31 Å². The van der Waals surface area contributed by atoms with Crippen molar-refractivity contribution in [3.63, 3.8) is 0 Å². The van der Waals surface area contributed by atoms with Crippen LogP contribution in [-0.4, -0.2) is 25.2 Å². The molecule has 5 nitrogen and oxygen atoms in total. The molecule has 0 spiro atoms. The van der Waals surface area contributed by atoms with Gasteiger partial charge in [0.15, 0.2) is 0 Å². The van der Waals surface area contributed by atoms with Crippen molar-refractivity contribution in [2.45, 2.75) is 18.0 Å². The molecule has 154 valence electrons. The SMILES string of the molecule is O=C1CN(Cc2cccc(Cl)c2)S(=O)(=O)c2ccccc2N1Cc1ccccc1F. The Morgan fingerprint density at radius 1 is 0.933 bits per heavy atom. The zero-order valence-electron chi connectivity index (χ0n) is 15.8. The number of benzene rings is 3. The maximum absolute atomic E-state index is 14.2. The van der Waals surface area contributed by atoms with Crippen molar-refractivity contribution in [3.05, 3.63) is 94.8 Å². The van der Waals surface area contributed by atoms with Gasteiger partial charge in [0.25, 0.3) is 0 Å². The quantitative estimate of drug-likeness (QED) is 0.605. The molecule has 0 N–H and O–H groups in total. The van der Waals surface area contributed by atoms with Crippen molar-refractivity contribution < 1.29 is 17.6 Å². The Kier molecular flexibility index (Phi) is 5.60. The van der Waals surface area contributed by atoms with E-state index in [2.05, 4.69) is 0 Å². The Bertz CT molecular complexity index is 1220. The lowest BCUT2D eigenvalue weighted by atomic mass is 10.1. The maximum Gasteiger partial charge on any atom is 0.245 e. The molecule has 0 aromatic heterocycles. The van der Waals surface area contributed by atoms with Crippen molar-refractivity contribution in [2.24, 2.45) is 0 Å². The van der Waals surface area contributed by atoms with Gasteiger partial charge < -0.3 is 4.90 Å². The van der Waals surface area contributed by atoms with E-state index in [0.29, 0.717) is 16.1 Å². The Labute approximate surface area is 179 Å². The van der Waals surface area contributed by atoms with E-state index in [1.807, 2.05) is 0 Å². The van der Waals surface area contributed by atoms with Crippen LogP contribution >= 0.6 is 11.6 Å². The summed E-state index contributed by atoms with van der Waals surface area (Å²) < 4.78 is 42.1. The molecule has 8 heteroatoms. The highest BCUT2D eigenvalue weighted by Crippen LogP contribution is 2.33. The van der Waals surface area contributed by atoms with Gasteiger partial charge in [-0.15, -0.1) is 0 Å². The van der Waals surface area contributed by atoms with Gasteiger partial charge in [-0.1, -0.05) is 54.1 Å². The minimum Gasteiger partial charge on any atom is -0.305 e. The van der Waals surface area contributed by atoms with Gasteiger partial charge in [0.05, 0.1) is 18.8 Å². The Morgan fingerprint density at radius 3 is 2.43 bits per heavy atom. The van der Waals surface area contributed by atoms with Gasteiger partial charge in [-0.25, -0.2) is 12.8 Å². The molecule has 0 unspecified atom stereocenters. The van der Waals surface area contributed by atoms with E-state index in [-0.39, 0.29) is 30.2 Å². The normalized spacial score (nSPS) is 16.2. The molecule has 0 atom stereocenters. The second-order valence-electron chi connectivity index (χ2n) is 6.94. The average Bonchev–Trinajstić information content (AvgIpc) is 2.79. The first-order valence-corrected chi connectivity index (χ1v) is 11.1. The first kappa shape index (κ1) is 20.5. The molecule has 0 aliphatic carbocycles. The van der Waals surface area contributed by atoms with E-state index in [4.69, 9.17) is 11.6 Å². The van der Waals surface area contributed by atoms with Crippen LogP contribution < -0.4 is 4.90 Å². The third-order valence-electron chi connectivity index (χ3n) is 4.92. The van der Waals surface area contributed by atoms with Gasteiger partial charge in [-0.3, -0.25) is 4.79 Å². The summed E-state index contributed by atoms with van der Waals surface area (Å²) in [5.74, 6) is -0.889. The monoisotopic (exact) mass is 444 g/mol. The number of hydrogen-bond acceptors (Lipinski definition) is 3. The molecule has 30 heavy (non-hydrogen) atoms. The molecule has 1 aliphatic heterocycles. The summed E-state index contributed by atoms with van der Waals surface area (Å²) in [6.07, 6.45) is 0. The third kappa shape index (κ3) is 3.96. The van der Waals surface area contributed by atoms with Crippen LogP contribution in [0.4, 0.5) is 10.1 Å². The second kappa shape index (κ2) is 8.18. The highest BCUT2D eigenvalue weighted by Gasteiger charge is 2.36. The molecule has 1 amide bonds. The molecular formula is C22H18ClFN2O3S. The van der Waals surface area contributed by atoms with Gasteiger partial charge >= 0.3 is 0 Å². The van der Waals surface area contributed by atoms with Crippen molar-refractivity contribution in [3.8, 4) is 0 Å². The van der Waals surface area contributed by atoms with E-state index in [1.54, 1.807) is 60.7 Å². The van der Waals surface area contributed by atoms with Crippen LogP contribution in [0.5, 0.6) is 0 Å². The Morgan fingerprint density at radius 2 is 1.67 bits per heavy atom. The van der Waals surface area contributed by atoms with Crippen LogP contribution in [0.2, 0.25) is 5.02 Å². The number of anilines is 1. The van der Waals surface area contributed by atoms with E-state index < -0.39 is 21.7 Å². The van der Waals surface area contributed by atoms with Crippen LogP contribution in [0.3, 0.4) is 0 Å². The zero-order chi connectivity index (χ0) is 21.3. The van der Waals surface area contributed by atoms with Gasteiger partial charge in [-0.05, 0) is 35.9 Å². The second-order valence-corrected chi connectivity index (χ2v) is 9.28. The van der Waals surface area contributed by atoms with Crippen molar-refractivity contribution in [1.82, 2.24) is 4.31 Å². The fourth-order valence-electron chi connectivity index (χ4n) is 3.44. The molecule has 0 fully saturated rings. The molecule has 0 saturated heterocycles. The number of fused-ring (bicyclic) bond motifs is 1. The van der Waals surface area contributed by atoms with E-state index in [0.717, 1.165) is 4.31 Å². The molecule has 1 heterocycles. The van der Waals surface area contributed by atoms with Crippen molar-refractivity contribution in [1.29, 1.82) is 0 Å². The number of carbonyl (C=O) groups is 1. The lowest BCUT2D eigenvalue weighted by molar-refractivity contribution is -0.119. The lowest BCUT2D eigenvalue weighted by Crippen LogP contribution is -2.38. The largest absolute Gasteiger partial charge is 0.305 e. The number of sulfonamides is 1. The molecular weight excluding hydrogens is 427 g/mol. The van der Waals surface area contributed by atoms with Crippen LogP contribution in [0.1, 0.15) is 11.1 Å². The summed E-state index contributed by atoms with van der Waals surface area (Å²) in [5.41, 5.74) is 1.21. The minimum absolute atomic E-state index is 0.00347. The number of nitrogens with zero attached hydrogens (tertiary/aromatic N) is 2. The van der Waals surface area contributed by atoms with Gasteiger partial charge in [0.2, 0.25) is 15.9 Å².